The molecular weight excluding hydrogens is 470 g/mol. The summed E-state index contributed by atoms with van der Waals surface area (Å²) in [6, 6.07) is 9.65. The van der Waals surface area contributed by atoms with Gasteiger partial charge in [-0.25, -0.2) is 9.97 Å². The molecular formula is C24H25N5O3S2. The van der Waals surface area contributed by atoms with E-state index < -0.39 is 17.8 Å². The Balaban J connectivity index is 1.55. The molecule has 34 heavy (non-hydrogen) atoms. The summed E-state index contributed by atoms with van der Waals surface area (Å²) < 4.78 is 1.64. The minimum atomic E-state index is -0.904. The number of thiazole rings is 1. The zero-order chi connectivity index (χ0) is 24.2. The molecule has 176 valence electrons. The number of aromatic nitrogens is 2. The molecule has 4 rings (SSSR count). The van der Waals surface area contributed by atoms with Gasteiger partial charge in [-0.15, -0.1) is 11.3 Å². The van der Waals surface area contributed by atoms with E-state index in [9.17, 15) is 20.0 Å². The third-order valence-electron chi connectivity index (χ3n) is 5.92. The van der Waals surface area contributed by atoms with Crippen LogP contribution in [0, 0.1) is 30.1 Å². The number of carbonyl (C=O) groups excluding carboxylic acids is 1. The number of hydrogen-bond donors (Lipinski definition) is 3. The van der Waals surface area contributed by atoms with Crippen LogP contribution < -0.4 is 10.6 Å². The SMILES string of the molecule is CNCc1cc(C)nc(Sc2nc3ccc(NC(=O)[C@@H]4CCCC[C@H]4C(=O)O)cc3s2)c1C#N. The molecule has 0 bridgehead atoms. The molecule has 0 spiro atoms. The minimum absolute atomic E-state index is 0.245. The number of rotatable bonds is 7. The van der Waals surface area contributed by atoms with Gasteiger partial charge in [0.2, 0.25) is 5.91 Å². The van der Waals surface area contributed by atoms with Crippen LogP contribution in [-0.4, -0.2) is 34.0 Å². The highest BCUT2D eigenvalue weighted by molar-refractivity contribution is 8.01. The maximum Gasteiger partial charge on any atom is 0.307 e. The lowest BCUT2D eigenvalue weighted by Crippen LogP contribution is -2.36. The van der Waals surface area contributed by atoms with Crippen molar-refractivity contribution in [3.8, 4) is 6.07 Å². The van der Waals surface area contributed by atoms with Crippen LogP contribution in [0.15, 0.2) is 33.6 Å². The van der Waals surface area contributed by atoms with Crippen LogP contribution in [0.3, 0.4) is 0 Å². The van der Waals surface area contributed by atoms with Crippen LogP contribution in [-0.2, 0) is 16.1 Å². The molecule has 1 aliphatic carbocycles. The smallest absolute Gasteiger partial charge is 0.307 e. The Morgan fingerprint density at radius 3 is 2.71 bits per heavy atom. The Kier molecular flexibility index (Phi) is 7.46. The van der Waals surface area contributed by atoms with Crippen LogP contribution in [0.1, 0.15) is 42.5 Å². The highest BCUT2D eigenvalue weighted by Crippen LogP contribution is 2.37. The molecule has 2 heterocycles. The number of carboxylic acid groups (broad SMARTS) is 1. The average molecular weight is 496 g/mol. The Morgan fingerprint density at radius 2 is 2.00 bits per heavy atom. The molecule has 1 aliphatic rings. The van der Waals surface area contributed by atoms with Crippen LogP contribution in [0.5, 0.6) is 0 Å². The second-order valence-electron chi connectivity index (χ2n) is 8.33. The fourth-order valence-corrected chi connectivity index (χ4v) is 6.50. The molecule has 0 aliphatic heterocycles. The van der Waals surface area contributed by atoms with Gasteiger partial charge in [-0.05, 0) is 68.4 Å². The number of aryl methyl sites for hydroxylation is 1. The first-order valence-electron chi connectivity index (χ1n) is 11.1. The molecule has 3 aromatic rings. The molecule has 0 unspecified atom stereocenters. The van der Waals surface area contributed by atoms with E-state index in [1.807, 2.05) is 32.2 Å². The van der Waals surface area contributed by atoms with Crippen molar-refractivity contribution >= 4 is 50.9 Å². The van der Waals surface area contributed by atoms with Gasteiger partial charge >= 0.3 is 5.97 Å². The number of nitrogens with one attached hydrogen (secondary N) is 2. The fraction of sp³-hybridized carbons (Fsp3) is 0.375. The summed E-state index contributed by atoms with van der Waals surface area (Å²) in [4.78, 5) is 33.6. The van der Waals surface area contributed by atoms with E-state index >= 15 is 0 Å². The number of carbonyl (C=O) groups is 2. The topological polar surface area (TPSA) is 128 Å². The molecule has 2 aromatic heterocycles. The van der Waals surface area contributed by atoms with E-state index in [1.54, 1.807) is 6.07 Å². The Morgan fingerprint density at radius 1 is 1.24 bits per heavy atom. The first-order valence-corrected chi connectivity index (χ1v) is 12.7. The van der Waals surface area contributed by atoms with Crippen molar-refractivity contribution in [2.24, 2.45) is 11.8 Å². The van der Waals surface area contributed by atoms with Gasteiger partial charge in [-0.1, -0.05) is 12.8 Å². The molecule has 0 radical (unpaired) electrons. The van der Waals surface area contributed by atoms with E-state index in [2.05, 4.69) is 26.7 Å². The van der Waals surface area contributed by atoms with Crippen LogP contribution in [0.2, 0.25) is 0 Å². The van der Waals surface area contributed by atoms with Gasteiger partial charge in [-0.3, -0.25) is 9.59 Å². The maximum absolute atomic E-state index is 12.8. The van der Waals surface area contributed by atoms with Crippen LogP contribution in [0.4, 0.5) is 5.69 Å². The van der Waals surface area contributed by atoms with Crippen molar-refractivity contribution in [1.82, 2.24) is 15.3 Å². The summed E-state index contributed by atoms with van der Waals surface area (Å²) >= 11 is 2.82. The highest BCUT2D eigenvalue weighted by Gasteiger charge is 2.35. The van der Waals surface area contributed by atoms with Gasteiger partial charge in [0.25, 0.3) is 0 Å². The van der Waals surface area contributed by atoms with Crippen molar-refractivity contribution in [2.45, 2.75) is 48.5 Å². The monoisotopic (exact) mass is 495 g/mol. The quantitative estimate of drug-likeness (QED) is 0.435. The Hall–Kier alpha value is -3.00. The molecule has 1 fully saturated rings. The van der Waals surface area contributed by atoms with Gasteiger partial charge in [0.1, 0.15) is 11.1 Å². The van der Waals surface area contributed by atoms with Crippen LogP contribution >= 0.6 is 23.1 Å². The molecule has 1 aromatic carbocycles. The summed E-state index contributed by atoms with van der Waals surface area (Å²) in [5, 5.41) is 25.8. The third kappa shape index (κ3) is 5.22. The summed E-state index contributed by atoms with van der Waals surface area (Å²) in [6.45, 7) is 2.48. The Labute approximate surface area is 205 Å². The number of hydrogen-bond acceptors (Lipinski definition) is 8. The second-order valence-corrected chi connectivity index (χ2v) is 10.6. The highest BCUT2D eigenvalue weighted by atomic mass is 32.2. The number of nitrogens with zero attached hydrogens (tertiary/aromatic N) is 3. The minimum Gasteiger partial charge on any atom is -0.481 e. The van der Waals surface area contributed by atoms with Crippen molar-refractivity contribution in [1.29, 1.82) is 5.26 Å². The summed E-state index contributed by atoms with van der Waals surface area (Å²) in [5.41, 5.74) is 3.68. The summed E-state index contributed by atoms with van der Waals surface area (Å²) in [5.74, 6) is -2.30. The third-order valence-corrected chi connectivity index (χ3v) is 7.98. The first-order chi connectivity index (χ1) is 16.4. The predicted octanol–water partition coefficient (Wildman–Crippen LogP) is 4.57. The van der Waals surface area contributed by atoms with Gasteiger partial charge in [-0.2, -0.15) is 5.26 Å². The number of pyridine rings is 1. The molecule has 2 atom stereocenters. The molecule has 1 saturated carbocycles. The van der Waals surface area contributed by atoms with E-state index in [0.29, 0.717) is 35.7 Å². The zero-order valence-electron chi connectivity index (χ0n) is 18.9. The van der Waals surface area contributed by atoms with Crippen LogP contribution in [0.25, 0.3) is 10.2 Å². The van der Waals surface area contributed by atoms with Crippen molar-refractivity contribution in [3.05, 3.63) is 41.1 Å². The number of benzene rings is 1. The van der Waals surface area contributed by atoms with Crippen molar-refractivity contribution in [2.75, 3.05) is 12.4 Å². The van der Waals surface area contributed by atoms with Gasteiger partial charge in [0.15, 0.2) is 4.34 Å². The largest absolute Gasteiger partial charge is 0.481 e. The lowest BCUT2D eigenvalue weighted by Gasteiger charge is -2.27. The molecule has 3 N–H and O–H groups in total. The number of carboxylic acids is 1. The van der Waals surface area contributed by atoms with Gasteiger partial charge in [0.05, 0.1) is 27.6 Å². The standard InChI is InChI=1S/C24H25N5O3S2/c1-13-9-14(12-26-2)18(11-25)22(27-13)34-24-29-19-8-7-15(10-20(19)33-24)28-21(30)16-5-3-4-6-17(16)23(31)32/h7-10,16-17,26H,3-6,12H2,1-2H3,(H,28,30)(H,31,32)/t16-,17-/m1/s1. The summed E-state index contributed by atoms with van der Waals surface area (Å²) in [6.07, 6.45) is 2.83. The van der Waals surface area contributed by atoms with E-state index in [4.69, 9.17) is 0 Å². The number of fused-ring (bicyclic) bond motifs is 1. The molecule has 0 saturated heterocycles. The lowest BCUT2D eigenvalue weighted by atomic mass is 9.78. The molecule has 10 heteroatoms. The van der Waals surface area contributed by atoms with E-state index in [-0.39, 0.29) is 5.91 Å². The lowest BCUT2D eigenvalue weighted by molar-refractivity contribution is -0.147. The fourth-order valence-electron chi connectivity index (χ4n) is 4.32. The van der Waals surface area contributed by atoms with Crippen molar-refractivity contribution in [3.63, 3.8) is 0 Å². The van der Waals surface area contributed by atoms with E-state index in [1.165, 1.54) is 23.1 Å². The number of nitriles is 1. The number of anilines is 1. The second kappa shape index (κ2) is 10.5. The van der Waals surface area contributed by atoms with Gasteiger partial charge < -0.3 is 15.7 Å². The molecule has 1 amide bonds. The molecule has 8 nitrogen and oxygen atoms in total. The average Bonchev–Trinajstić information content (AvgIpc) is 3.20. The summed E-state index contributed by atoms with van der Waals surface area (Å²) in [7, 11) is 1.84. The Bertz CT molecular complexity index is 1280. The van der Waals surface area contributed by atoms with Crippen molar-refractivity contribution < 1.29 is 14.7 Å². The number of amides is 1. The maximum atomic E-state index is 12.8. The van der Waals surface area contributed by atoms with Gasteiger partial charge in [0, 0.05) is 17.9 Å². The predicted molar refractivity (Wildman–Crippen MR) is 132 cm³/mol. The van der Waals surface area contributed by atoms with E-state index in [0.717, 1.165) is 38.7 Å². The normalized spacial score (nSPS) is 17.9. The number of aliphatic carboxylic acids is 1. The zero-order valence-corrected chi connectivity index (χ0v) is 20.6. The first kappa shape index (κ1) is 24.1.